The summed E-state index contributed by atoms with van der Waals surface area (Å²) in [6.07, 6.45) is 0.856. The zero-order valence-electron chi connectivity index (χ0n) is 21.5. The van der Waals surface area contributed by atoms with E-state index in [0.29, 0.717) is 32.5 Å². The van der Waals surface area contributed by atoms with Gasteiger partial charge in [0, 0.05) is 38.8 Å². The Morgan fingerprint density at radius 1 is 1.11 bits per heavy atom. The van der Waals surface area contributed by atoms with Gasteiger partial charge in [-0.1, -0.05) is 0 Å². The van der Waals surface area contributed by atoms with Gasteiger partial charge in [-0.05, 0) is 46.5 Å². The molecule has 4 aliphatic rings. The fourth-order valence-corrected chi connectivity index (χ4v) is 5.38. The molecule has 3 amide bonds. The molecule has 5 atom stereocenters. The number of likely N-dealkylation sites (tertiary alicyclic amines) is 2. The standard InChI is InChI=1S/C24H37N5O7/c1-23(2)35-18-16(34-22(33-4)19(18)36-23)13-26-20(31)21(32)28-10-7-24(3,8-11-28)27-14-17(30)29-9-5-6-15(29)12-25/h15-16,18-19,22,27H,5-11,13-14H2,1-4H3,(H,26,31)/t15-,16+,18+,19+,22+/m0/s1. The molecular weight excluding hydrogens is 470 g/mol. The van der Waals surface area contributed by atoms with Crippen LogP contribution in [0.15, 0.2) is 0 Å². The van der Waals surface area contributed by atoms with Crippen LogP contribution in [0.3, 0.4) is 0 Å². The molecule has 36 heavy (non-hydrogen) atoms. The molecule has 4 heterocycles. The third-order valence-corrected chi connectivity index (χ3v) is 7.54. The van der Waals surface area contributed by atoms with E-state index in [1.807, 2.05) is 20.8 Å². The Labute approximate surface area is 211 Å². The molecule has 12 heteroatoms. The van der Waals surface area contributed by atoms with Crippen LogP contribution in [0.4, 0.5) is 0 Å². The van der Waals surface area contributed by atoms with Crippen molar-refractivity contribution in [3.63, 3.8) is 0 Å². The van der Waals surface area contributed by atoms with E-state index in [4.69, 9.17) is 18.9 Å². The Hall–Kier alpha value is -2.30. The van der Waals surface area contributed by atoms with Gasteiger partial charge in [0.1, 0.15) is 24.4 Å². The number of carbonyl (C=O) groups is 3. The van der Waals surface area contributed by atoms with Crippen LogP contribution >= 0.6 is 0 Å². The van der Waals surface area contributed by atoms with Crippen molar-refractivity contribution in [2.75, 3.05) is 39.8 Å². The molecule has 0 bridgehead atoms. The molecule has 0 aromatic carbocycles. The predicted octanol–water partition coefficient (Wildman–Crippen LogP) is -0.521. The van der Waals surface area contributed by atoms with Crippen LogP contribution in [0.1, 0.15) is 46.5 Å². The van der Waals surface area contributed by atoms with E-state index in [-0.39, 0.29) is 30.6 Å². The number of amides is 3. The molecule has 12 nitrogen and oxygen atoms in total. The molecule has 0 radical (unpaired) electrons. The van der Waals surface area contributed by atoms with Crippen LogP contribution in [0.5, 0.6) is 0 Å². The van der Waals surface area contributed by atoms with Gasteiger partial charge in [-0.2, -0.15) is 5.26 Å². The highest BCUT2D eigenvalue weighted by atomic mass is 16.8. The monoisotopic (exact) mass is 507 g/mol. The van der Waals surface area contributed by atoms with Gasteiger partial charge in [0.2, 0.25) is 5.91 Å². The zero-order chi connectivity index (χ0) is 26.1. The van der Waals surface area contributed by atoms with Crippen molar-refractivity contribution in [2.24, 2.45) is 0 Å². The summed E-state index contributed by atoms with van der Waals surface area (Å²) in [6, 6.07) is 1.84. The second kappa shape index (κ2) is 10.6. The Morgan fingerprint density at radius 3 is 2.47 bits per heavy atom. The molecule has 200 valence electrons. The smallest absolute Gasteiger partial charge is 0.311 e. The second-order valence-corrected chi connectivity index (χ2v) is 10.6. The van der Waals surface area contributed by atoms with Gasteiger partial charge in [-0.15, -0.1) is 0 Å². The Balaban J connectivity index is 1.21. The van der Waals surface area contributed by atoms with E-state index in [1.165, 1.54) is 12.0 Å². The third-order valence-electron chi connectivity index (χ3n) is 7.54. The maximum atomic E-state index is 12.8. The van der Waals surface area contributed by atoms with Gasteiger partial charge in [0.15, 0.2) is 12.1 Å². The number of hydrogen-bond acceptors (Lipinski definition) is 9. The third kappa shape index (κ3) is 5.65. The van der Waals surface area contributed by atoms with Crippen LogP contribution in [0.2, 0.25) is 0 Å². The summed E-state index contributed by atoms with van der Waals surface area (Å²) in [5.41, 5.74) is -0.334. The first-order valence-corrected chi connectivity index (χ1v) is 12.6. The largest absolute Gasteiger partial charge is 0.353 e. The highest BCUT2D eigenvalue weighted by molar-refractivity contribution is 6.35. The van der Waals surface area contributed by atoms with E-state index >= 15 is 0 Å². The number of carbonyl (C=O) groups excluding carboxylic acids is 3. The lowest BCUT2D eigenvalue weighted by Crippen LogP contribution is -2.57. The van der Waals surface area contributed by atoms with Crippen molar-refractivity contribution in [1.29, 1.82) is 5.26 Å². The molecule has 4 fully saturated rings. The van der Waals surface area contributed by atoms with Crippen LogP contribution in [-0.2, 0) is 33.3 Å². The highest BCUT2D eigenvalue weighted by Crippen LogP contribution is 2.38. The predicted molar refractivity (Wildman–Crippen MR) is 125 cm³/mol. The molecule has 0 unspecified atom stereocenters. The van der Waals surface area contributed by atoms with E-state index in [9.17, 15) is 19.6 Å². The summed E-state index contributed by atoms with van der Waals surface area (Å²) < 4.78 is 22.9. The molecule has 2 N–H and O–H groups in total. The maximum Gasteiger partial charge on any atom is 0.311 e. The number of nitrogens with zero attached hydrogens (tertiary/aromatic N) is 3. The molecule has 0 saturated carbocycles. The van der Waals surface area contributed by atoms with Gasteiger partial charge < -0.3 is 39.4 Å². The number of fused-ring (bicyclic) bond motifs is 1. The molecule has 4 aliphatic heterocycles. The van der Waals surface area contributed by atoms with Crippen LogP contribution < -0.4 is 10.6 Å². The Kier molecular flexibility index (Phi) is 7.87. The number of ether oxygens (including phenoxy) is 4. The van der Waals surface area contributed by atoms with E-state index in [2.05, 4.69) is 16.7 Å². The lowest BCUT2D eigenvalue weighted by molar-refractivity contribution is -0.226. The minimum absolute atomic E-state index is 0.0785. The Morgan fingerprint density at radius 2 is 1.81 bits per heavy atom. The molecule has 4 saturated heterocycles. The van der Waals surface area contributed by atoms with Gasteiger partial charge >= 0.3 is 11.8 Å². The number of hydrogen-bond donors (Lipinski definition) is 2. The van der Waals surface area contributed by atoms with Crippen LogP contribution in [-0.4, -0.2) is 109 Å². The molecule has 0 aromatic rings. The molecular formula is C24H37N5O7. The van der Waals surface area contributed by atoms with Gasteiger partial charge in [0.25, 0.3) is 0 Å². The lowest BCUT2D eigenvalue weighted by Gasteiger charge is -2.40. The summed E-state index contributed by atoms with van der Waals surface area (Å²) >= 11 is 0. The quantitative estimate of drug-likeness (QED) is 0.454. The second-order valence-electron chi connectivity index (χ2n) is 10.6. The summed E-state index contributed by atoms with van der Waals surface area (Å²) in [6.45, 7) is 7.29. The van der Waals surface area contributed by atoms with E-state index in [1.54, 1.807) is 4.90 Å². The summed E-state index contributed by atoms with van der Waals surface area (Å²) in [7, 11) is 1.52. The average Bonchev–Trinajstić information content (AvgIpc) is 3.54. The van der Waals surface area contributed by atoms with Crippen molar-refractivity contribution < 1.29 is 33.3 Å². The number of piperidine rings is 1. The minimum Gasteiger partial charge on any atom is -0.353 e. The van der Waals surface area contributed by atoms with Gasteiger partial charge in [0.05, 0.1) is 12.6 Å². The summed E-state index contributed by atoms with van der Waals surface area (Å²) in [5.74, 6) is -2.15. The summed E-state index contributed by atoms with van der Waals surface area (Å²) in [5, 5.41) is 15.2. The van der Waals surface area contributed by atoms with Crippen molar-refractivity contribution in [3.05, 3.63) is 0 Å². The SMILES string of the molecule is CO[C@@H]1O[C@H](CNC(=O)C(=O)N2CCC(C)(NCC(=O)N3CCC[C@H]3C#N)CC2)[C@H]2OC(C)(C)O[C@@H]12. The molecule has 0 aliphatic carbocycles. The van der Waals surface area contributed by atoms with Crippen molar-refractivity contribution in [1.82, 2.24) is 20.4 Å². The normalized spacial score (nSPS) is 32.7. The van der Waals surface area contributed by atoms with E-state index < -0.39 is 42.2 Å². The van der Waals surface area contributed by atoms with E-state index in [0.717, 1.165) is 12.8 Å². The molecule has 4 rings (SSSR count). The zero-order valence-corrected chi connectivity index (χ0v) is 21.5. The number of rotatable bonds is 6. The first-order chi connectivity index (χ1) is 17.1. The number of nitriles is 1. The summed E-state index contributed by atoms with van der Waals surface area (Å²) in [4.78, 5) is 41.1. The van der Waals surface area contributed by atoms with Crippen LogP contribution in [0, 0.1) is 11.3 Å². The molecule has 0 spiro atoms. The van der Waals surface area contributed by atoms with Gasteiger partial charge in [-0.3, -0.25) is 14.4 Å². The molecule has 0 aromatic heterocycles. The van der Waals surface area contributed by atoms with Crippen molar-refractivity contribution in [3.8, 4) is 6.07 Å². The number of nitrogens with one attached hydrogen (secondary N) is 2. The highest BCUT2D eigenvalue weighted by Gasteiger charge is 2.55. The fourth-order valence-electron chi connectivity index (χ4n) is 5.38. The Bertz CT molecular complexity index is 898. The number of methoxy groups -OCH3 is 1. The first kappa shape index (κ1) is 26.8. The van der Waals surface area contributed by atoms with Crippen molar-refractivity contribution >= 4 is 17.7 Å². The lowest BCUT2D eigenvalue weighted by atomic mass is 9.89. The maximum absolute atomic E-state index is 12.8. The minimum atomic E-state index is -0.779. The average molecular weight is 508 g/mol. The fraction of sp³-hybridized carbons (Fsp3) is 0.833. The van der Waals surface area contributed by atoms with Crippen LogP contribution in [0.25, 0.3) is 0 Å². The first-order valence-electron chi connectivity index (χ1n) is 12.6. The van der Waals surface area contributed by atoms with Crippen molar-refractivity contribution in [2.45, 2.75) is 88.4 Å². The topological polar surface area (TPSA) is 142 Å². The van der Waals surface area contributed by atoms with Gasteiger partial charge in [-0.25, -0.2) is 0 Å².